The lowest BCUT2D eigenvalue weighted by Crippen LogP contribution is -2.18. The fourth-order valence-corrected chi connectivity index (χ4v) is 2.71. The lowest BCUT2D eigenvalue weighted by molar-refractivity contribution is 0.129. The molecule has 1 N–H and O–H groups in total. The summed E-state index contributed by atoms with van der Waals surface area (Å²) in [7, 11) is 1.70. The van der Waals surface area contributed by atoms with Crippen LogP contribution in [0.2, 0.25) is 0 Å². The molecule has 0 amide bonds. The molecule has 1 aromatic rings. The standard InChI is InChI=1S/C13H21N3O2S/c1-17-6-4-14-7-11-8-15-13(16-9-11)19-10-12-3-2-5-18-12/h8-9,12,14H,2-7,10H2,1H3. The van der Waals surface area contributed by atoms with Crippen LogP contribution in [0.25, 0.3) is 0 Å². The molecule has 1 aliphatic rings. The largest absolute Gasteiger partial charge is 0.383 e. The first-order valence-electron chi connectivity index (χ1n) is 6.63. The van der Waals surface area contributed by atoms with Gasteiger partial charge in [0.25, 0.3) is 0 Å². The van der Waals surface area contributed by atoms with Crippen LogP contribution in [0.5, 0.6) is 0 Å². The van der Waals surface area contributed by atoms with Gasteiger partial charge in [-0.05, 0) is 12.8 Å². The molecular formula is C13H21N3O2S. The highest BCUT2D eigenvalue weighted by Gasteiger charge is 2.15. The quantitative estimate of drug-likeness (QED) is 0.443. The van der Waals surface area contributed by atoms with E-state index in [4.69, 9.17) is 9.47 Å². The van der Waals surface area contributed by atoms with Crippen LogP contribution in [0.3, 0.4) is 0 Å². The number of ether oxygens (including phenoxy) is 2. The summed E-state index contributed by atoms with van der Waals surface area (Å²) in [4.78, 5) is 8.73. The molecular weight excluding hydrogens is 262 g/mol. The lowest BCUT2D eigenvalue weighted by Gasteiger charge is -2.08. The van der Waals surface area contributed by atoms with Crippen LogP contribution < -0.4 is 5.32 Å². The Morgan fingerprint density at radius 3 is 3.00 bits per heavy atom. The van der Waals surface area contributed by atoms with E-state index in [1.54, 1.807) is 18.9 Å². The lowest BCUT2D eigenvalue weighted by atomic mass is 10.3. The van der Waals surface area contributed by atoms with E-state index in [0.29, 0.717) is 6.10 Å². The van der Waals surface area contributed by atoms with Crippen molar-refractivity contribution in [3.05, 3.63) is 18.0 Å². The number of nitrogens with zero attached hydrogens (tertiary/aromatic N) is 2. The van der Waals surface area contributed by atoms with Gasteiger partial charge in [0.1, 0.15) is 0 Å². The Morgan fingerprint density at radius 1 is 1.47 bits per heavy atom. The minimum atomic E-state index is 0.379. The average Bonchev–Trinajstić information content (AvgIpc) is 2.96. The van der Waals surface area contributed by atoms with E-state index in [-0.39, 0.29) is 0 Å². The van der Waals surface area contributed by atoms with Gasteiger partial charge in [-0.25, -0.2) is 9.97 Å². The molecule has 1 saturated heterocycles. The maximum atomic E-state index is 5.58. The molecule has 0 saturated carbocycles. The highest BCUT2D eigenvalue weighted by Crippen LogP contribution is 2.20. The fourth-order valence-electron chi connectivity index (χ4n) is 1.86. The third-order valence-electron chi connectivity index (χ3n) is 2.92. The molecule has 1 fully saturated rings. The molecule has 5 nitrogen and oxygen atoms in total. The van der Waals surface area contributed by atoms with Crippen LogP contribution in [0.4, 0.5) is 0 Å². The van der Waals surface area contributed by atoms with Crippen molar-refractivity contribution in [1.29, 1.82) is 0 Å². The number of thioether (sulfide) groups is 1. The number of methoxy groups -OCH3 is 1. The van der Waals surface area contributed by atoms with Crippen molar-refractivity contribution in [1.82, 2.24) is 15.3 Å². The van der Waals surface area contributed by atoms with Crippen LogP contribution in [-0.4, -0.2) is 48.7 Å². The third-order valence-corrected chi connectivity index (χ3v) is 3.92. The van der Waals surface area contributed by atoms with Crippen LogP contribution >= 0.6 is 11.8 Å². The zero-order chi connectivity index (χ0) is 13.3. The second-order valence-corrected chi connectivity index (χ2v) is 5.48. The number of hydrogen-bond donors (Lipinski definition) is 1. The third kappa shape index (κ3) is 5.44. The van der Waals surface area contributed by atoms with Gasteiger partial charge in [-0.15, -0.1) is 0 Å². The average molecular weight is 283 g/mol. The van der Waals surface area contributed by atoms with E-state index in [9.17, 15) is 0 Å². The highest BCUT2D eigenvalue weighted by atomic mass is 32.2. The second-order valence-electron chi connectivity index (χ2n) is 4.49. The fraction of sp³-hybridized carbons (Fsp3) is 0.692. The van der Waals surface area contributed by atoms with Crippen molar-refractivity contribution in [3.8, 4) is 0 Å². The van der Waals surface area contributed by atoms with E-state index in [2.05, 4.69) is 15.3 Å². The summed E-state index contributed by atoms with van der Waals surface area (Å²) in [5.74, 6) is 0.950. The van der Waals surface area contributed by atoms with Crippen molar-refractivity contribution >= 4 is 11.8 Å². The van der Waals surface area contributed by atoms with Crippen molar-refractivity contribution in [3.63, 3.8) is 0 Å². The first-order chi connectivity index (χ1) is 9.38. The Bertz CT molecular complexity index is 355. The molecule has 1 unspecified atom stereocenters. The summed E-state index contributed by atoms with van der Waals surface area (Å²) in [5.41, 5.74) is 1.09. The van der Waals surface area contributed by atoms with Crippen LogP contribution in [0.15, 0.2) is 17.6 Å². The van der Waals surface area contributed by atoms with Gasteiger partial charge in [-0.2, -0.15) is 0 Å². The van der Waals surface area contributed by atoms with Crippen LogP contribution in [-0.2, 0) is 16.0 Å². The second kappa shape index (κ2) is 8.47. The number of aromatic nitrogens is 2. The number of hydrogen-bond acceptors (Lipinski definition) is 6. The van der Waals surface area contributed by atoms with Crippen molar-refractivity contribution < 1.29 is 9.47 Å². The topological polar surface area (TPSA) is 56.3 Å². The van der Waals surface area contributed by atoms with Gasteiger partial charge in [0.05, 0.1) is 12.7 Å². The molecule has 1 atom stereocenters. The molecule has 0 aromatic carbocycles. The van der Waals surface area contributed by atoms with E-state index >= 15 is 0 Å². The SMILES string of the molecule is COCCNCc1cnc(SCC2CCCO2)nc1. The van der Waals surface area contributed by atoms with Gasteiger partial charge in [0, 0.05) is 50.5 Å². The van der Waals surface area contributed by atoms with Gasteiger partial charge < -0.3 is 14.8 Å². The normalized spacial score (nSPS) is 18.9. The summed E-state index contributed by atoms with van der Waals surface area (Å²) in [6, 6.07) is 0. The summed E-state index contributed by atoms with van der Waals surface area (Å²) in [6.45, 7) is 3.24. The van der Waals surface area contributed by atoms with Crippen molar-refractivity contribution in [2.75, 3.05) is 32.6 Å². The van der Waals surface area contributed by atoms with Crippen LogP contribution in [0, 0.1) is 0 Å². The van der Waals surface area contributed by atoms with Gasteiger partial charge in [-0.3, -0.25) is 0 Å². The van der Waals surface area contributed by atoms with Crippen molar-refractivity contribution in [2.45, 2.75) is 30.6 Å². The maximum Gasteiger partial charge on any atom is 0.187 e. The summed E-state index contributed by atoms with van der Waals surface area (Å²) in [6.07, 6.45) is 6.48. The molecule has 2 rings (SSSR count). The Kier molecular flexibility index (Phi) is 6.56. The van der Waals surface area contributed by atoms with E-state index in [1.807, 2.05) is 12.4 Å². The monoisotopic (exact) mass is 283 g/mol. The smallest absolute Gasteiger partial charge is 0.187 e. The number of nitrogens with one attached hydrogen (secondary N) is 1. The molecule has 0 aliphatic carbocycles. The maximum absolute atomic E-state index is 5.58. The van der Waals surface area contributed by atoms with Gasteiger partial charge in [0.15, 0.2) is 5.16 Å². The predicted octanol–water partition coefficient (Wildman–Crippen LogP) is 1.48. The van der Waals surface area contributed by atoms with E-state index in [1.165, 1.54) is 6.42 Å². The molecule has 0 spiro atoms. The summed E-state index contributed by atoms with van der Waals surface area (Å²) >= 11 is 1.67. The first-order valence-corrected chi connectivity index (χ1v) is 7.62. The molecule has 0 bridgehead atoms. The van der Waals surface area contributed by atoms with Gasteiger partial charge in [0.2, 0.25) is 0 Å². The molecule has 2 heterocycles. The number of rotatable bonds is 8. The minimum absolute atomic E-state index is 0.379. The molecule has 1 aromatic heterocycles. The molecule has 0 radical (unpaired) electrons. The first kappa shape index (κ1) is 14.7. The Morgan fingerprint density at radius 2 is 2.32 bits per heavy atom. The van der Waals surface area contributed by atoms with Crippen molar-refractivity contribution in [2.24, 2.45) is 0 Å². The zero-order valence-corrected chi connectivity index (χ0v) is 12.1. The molecule has 106 valence electrons. The Balaban J connectivity index is 1.68. The molecule has 19 heavy (non-hydrogen) atoms. The van der Waals surface area contributed by atoms with Gasteiger partial charge in [-0.1, -0.05) is 11.8 Å². The van der Waals surface area contributed by atoms with Crippen LogP contribution in [0.1, 0.15) is 18.4 Å². The van der Waals surface area contributed by atoms with E-state index in [0.717, 1.165) is 49.2 Å². The Hall–Kier alpha value is -0.690. The molecule has 6 heteroatoms. The Labute approximate surface area is 118 Å². The highest BCUT2D eigenvalue weighted by molar-refractivity contribution is 7.99. The summed E-state index contributed by atoms with van der Waals surface area (Å²) < 4.78 is 10.5. The zero-order valence-electron chi connectivity index (χ0n) is 11.3. The summed E-state index contributed by atoms with van der Waals surface area (Å²) in [5, 5.41) is 4.10. The van der Waals surface area contributed by atoms with E-state index < -0.39 is 0 Å². The molecule has 1 aliphatic heterocycles. The minimum Gasteiger partial charge on any atom is -0.383 e. The predicted molar refractivity (Wildman–Crippen MR) is 75.3 cm³/mol. The van der Waals surface area contributed by atoms with Gasteiger partial charge >= 0.3 is 0 Å².